The van der Waals surface area contributed by atoms with Crippen LogP contribution in [0.2, 0.25) is 5.15 Å². The van der Waals surface area contributed by atoms with Gasteiger partial charge in [0, 0.05) is 6.54 Å². The minimum atomic E-state index is -1.22. The molecule has 0 bridgehead atoms. The van der Waals surface area contributed by atoms with E-state index in [1.165, 1.54) is 6.21 Å². The SMILES string of the molecule is COc1ccc([C@]2(C)NC(=O)N(/N=C\c3c(C)nn(CC(C)C)c3Cl)C2=O)cc1. The molecule has 1 N–H and O–H groups in total. The molecule has 8 nitrogen and oxygen atoms in total. The maximum atomic E-state index is 13.0. The summed E-state index contributed by atoms with van der Waals surface area (Å²) in [5, 5.41) is 12.5. The highest BCUT2D eigenvalue weighted by Crippen LogP contribution is 2.30. The number of benzene rings is 1. The van der Waals surface area contributed by atoms with Crippen LogP contribution < -0.4 is 10.1 Å². The molecule has 0 spiro atoms. The summed E-state index contributed by atoms with van der Waals surface area (Å²) in [7, 11) is 1.56. The van der Waals surface area contributed by atoms with Crippen LogP contribution in [0.4, 0.5) is 4.79 Å². The number of carbonyl (C=O) groups excluding carboxylic acids is 2. The first-order valence-electron chi connectivity index (χ1n) is 9.25. The third-order valence-corrected chi connectivity index (χ3v) is 5.19. The number of carbonyl (C=O) groups is 2. The fourth-order valence-corrected chi connectivity index (χ4v) is 3.44. The third-order valence-electron chi connectivity index (χ3n) is 4.79. The summed E-state index contributed by atoms with van der Waals surface area (Å²) in [6.45, 7) is 8.23. The molecule has 3 amide bonds. The summed E-state index contributed by atoms with van der Waals surface area (Å²) < 4.78 is 6.83. The molecule has 2 heterocycles. The first-order chi connectivity index (χ1) is 13.7. The van der Waals surface area contributed by atoms with Crippen molar-refractivity contribution in [3.63, 3.8) is 0 Å². The Kier molecular flexibility index (Phi) is 5.66. The summed E-state index contributed by atoms with van der Waals surface area (Å²) in [6.07, 6.45) is 1.40. The number of hydrogen-bond donors (Lipinski definition) is 1. The lowest BCUT2D eigenvalue weighted by atomic mass is 9.92. The second-order valence-corrected chi connectivity index (χ2v) is 7.87. The first-order valence-corrected chi connectivity index (χ1v) is 9.63. The number of imide groups is 1. The van der Waals surface area contributed by atoms with Crippen LogP contribution in [0.1, 0.15) is 37.6 Å². The molecule has 1 fully saturated rings. The van der Waals surface area contributed by atoms with Crippen LogP contribution in [-0.4, -0.2) is 40.1 Å². The highest BCUT2D eigenvalue weighted by molar-refractivity contribution is 6.32. The molecule has 1 saturated heterocycles. The van der Waals surface area contributed by atoms with Gasteiger partial charge in [0.05, 0.1) is 24.6 Å². The molecule has 0 saturated carbocycles. The molecular weight excluding hydrogens is 394 g/mol. The van der Waals surface area contributed by atoms with Crippen molar-refractivity contribution in [1.29, 1.82) is 0 Å². The van der Waals surface area contributed by atoms with Gasteiger partial charge in [-0.3, -0.25) is 9.48 Å². The predicted molar refractivity (Wildman–Crippen MR) is 110 cm³/mol. The van der Waals surface area contributed by atoms with E-state index in [0.29, 0.717) is 40.2 Å². The molecule has 0 aliphatic carbocycles. The fourth-order valence-electron chi connectivity index (χ4n) is 3.15. The van der Waals surface area contributed by atoms with E-state index in [1.807, 2.05) is 0 Å². The monoisotopic (exact) mass is 417 g/mol. The van der Waals surface area contributed by atoms with Crippen molar-refractivity contribution in [3.05, 3.63) is 46.2 Å². The van der Waals surface area contributed by atoms with E-state index in [1.54, 1.807) is 49.9 Å². The van der Waals surface area contributed by atoms with Crippen LogP contribution in [0, 0.1) is 12.8 Å². The van der Waals surface area contributed by atoms with Gasteiger partial charge in [-0.05, 0) is 37.5 Å². The molecule has 0 unspecified atom stereocenters. The number of nitrogens with one attached hydrogen (secondary N) is 1. The Labute approximate surface area is 174 Å². The maximum Gasteiger partial charge on any atom is 0.346 e. The van der Waals surface area contributed by atoms with E-state index in [4.69, 9.17) is 16.3 Å². The Balaban J connectivity index is 1.86. The number of aromatic nitrogens is 2. The molecule has 1 aromatic carbocycles. The molecular formula is C20H24ClN5O3. The number of amides is 3. The van der Waals surface area contributed by atoms with Crippen LogP contribution >= 0.6 is 11.6 Å². The zero-order valence-electron chi connectivity index (χ0n) is 17.1. The van der Waals surface area contributed by atoms with Gasteiger partial charge >= 0.3 is 6.03 Å². The van der Waals surface area contributed by atoms with Crippen molar-refractivity contribution in [2.45, 2.75) is 39.8 Å². The number of rotatable bonds is 6. The molecule has 1 aliphatic rings. The number of ether oxygens (including phenoxy) is 1. The second kappa shape index (κ2) is 7.87. The molecule has 1 aliphatic heterocycles. The van der Waals surface area contributed by atoms with E-state index >= 15 is 0 Å². The largest absolute Gasteiger partial charge is 0.497 e. The fraction of sp³-hybridized carbons (Fsp3) is 0.400. The van der Waals surface area contributed by atoms with Crippen LogP contribution in [0.5, 0.6) is 5.75 Å². The van der Waals surface area contributed by atoms with Gasteiger partial charge in [-0.1, -0.05) is 37.6 Å². The third kappa shape index (κ3) is 3.85. The Bertz CT molecular complexity index is 967. The van der Waals surface area contributed by atoms with E-state index in [0.717, 1.165) is 5.01 Å². The average Bonchev–Trinajstić information content (AvgIpc) is 3.06. The molecule has 29 heavy (non-hydrogen) atoms. The zero-order chi connectivity index (χ0) is 21.3. The summed E-state index contributed by atoms with van der Waals surface area (Å²) in [5.74, 6) is 0.549. The predicted octanol–water partition coefficient (Wildman–Crippen LogP) is 3.31. The van der Waals surface area contributed by atoms with Crippen molar-refractivity contribution in [3.8, 4) is 5.75 Å². The van der Waals surface area contributed by atoms with Gasteiger partial charge < -0.3 is 10.1 Å². The van der Waals surface area contributed by atoms with Crippen LogP contribution in [0.15, 0.2) is 29.4 Å². The quantitative estimate of drug-likeness (QED) is 0.576. The Hall–Kier alpha value is -2.87. The lowest BCUT2D eigenvalue weighted by Crippen LogP contribution is -2.40. The molecule has 9 heteroatoms. The lowest BCUT2D eigenvalue weighted by Gasteiger charge is -2.21. The molecule has 1 aromatic heterocycles. The number of methoxy groups -OCH3 is 1. The van der Waals surface area contributed by atoms with Gasteiger partial charge in [-0.2, -0.15) is 10.2 Å². The van der Waals surface area contributed by atoms with Crippen LogP contribution in [0.25, 0.3) is 0 Å². The molecule has 2 aromatic rings. The normalized spacial score (nSPS) is 19.5. The first kappa shape index (κ1) is 20.9. The number of urea groups is 1. The molecule has 154 valence electrons. The van der Waals surface area contributed by atoms with Crippen molar-refractivity contribution in [2.24, 2.45) is 11.0 Å². The van der Waals surface area contributed by atoms with Gasteiger partial charge in [-0.15, -0.1) is 5.01 Å². The molecule has 0 radical (unpaired) electrons. The summed E-state index contributed by atoms with van der Waals surface area (Å²) in [4.78, 5) is 25.4. The van der Waals surface area contributed by atoms with Crippen molar-refractivity contribution in [2.75, 3.05) is 7.11 Å². The zero-order valence-corrected chi connectivity index (χ0v) is 17.8. The summed E-state index contributed by atoms with van der Waals surface area (Å²) >= 11 is 6.41. The second-order valence-electron chi connectivity index (χ2n) is 7.51. The molecule has 1 atom stereocenters. The van der Waals surface area contributed by atoms with E-state index < -0.39 is 17.5 Å². The standard InChI is InChI=1S/C20H24ClN5O3/c1-12(2)11-25-17(21)16(13(3)24-25)10-22-26-18(27)20(4,23-19(26)28)14-6-8-15(29-5)9-7-14/h6-10,12H,11H2,1-5H3,(H,23,28)/b22-10-/t20-/m0/s1. The molecule has 3 rings (SSSR count). The van der Waals surface area contributed by atoms with Crippen molar-refractivity contribution < 1.29 is 14.3 Å². The summed E-state index contributed by atoms with van der Waals surface area (Å²) in [5.41, 5.74) is 0.658. The van der Waals surface area contributed by atoms with Crippen LogP contribution in [0.3, 0.4) is 0 Å². The topological polar surface area (TPSA) is 88.8 Å². The number of halogens is 1. The van der Waals surface area contributed by atoms with Gasteiger partial charge in [0.25, 0.3) is 5.91 Å². The van der Waals surface area contributed by atoms with Gasteiger partial charge in [0.2, 0.25) is 0 Å². The number of hydrogen-bond acceptors (Lipinski definition) is 5. The van der Waals surface area contributed by atoms with E-state index in [-0.39, 0.29) is 0 Å². The van der Waals surface area contributed by atoms with Gasteiger partial charge in [0.15, 0.2) is 0 Å². The van der Waals surface area contributed by atoms with Crippen molar-refractivity contribution >= 4 is 29.8 Å². The Morgan fingerprint density at radius 3 is 2.55 bits per heavy atom. The minimum absolute atomic E-state index is 0.368. The van der Waals surface area contributed by atoms with Crippen LogP contribution in [-0.2, 0) is 16.9 Å². The van der Waals surface area contributed by atoms with Crippen molar-refractivity contribution in [1.82, 2.24) is 20.1 Å². The minimum Gasteiger partial charge on any atom is -0.497 e. The number of aryl methyl sites for hydroxylation is 1. The highest BCUT2D eigenvalue weighted by Gasteiger charge is 2.49. The highest BCUT2D eigenvalue weighted by atomic mass is 35.5. The van der Waals surface area contributed by atoms with Gasteiger partial charge in [0.1, 0.15) is 16.4 Å². The lowest BCUT2D eigenvalue weighted by molar-refractivity contribution is -0.131. The van der Waals surface area contributed by atoms with E-state index in [2.05, 4.69) is 29.4 Å². The Morgan fingerprint density at radius 2 is 1.97 bits per heavy atom. The smallest absolute Gasteiger partial charge is 0.346 e. The number of nitrogens with zero attached hydrogens (tertiary/aromatic N) is 4. The Morgan fingerprint density at radius 1 is 1.31 bits per heavy atom. The summed E-state index contributed by atoms with van der Waals surface area (Å²) in [6, 6.07) is 6.34. The van der Waals surface area contributed by atoms with E-state index in [9.17, 15) is 9.59 Å². The maximum absolute atomic E-state index is 13.0. The number of hydrazone groups is 1. The average molecular weight is 418 g/mol. The van der Waals surface area contributed by atoms with Gasteiger partial charge in [-0.25, -0.2) is 4.79 Å².